The van der Waals surface area contributed by atoms with E-state index in [-0.39, 0.29) is 6.03 Å². The summed E-state index contributed by atoms with van der Waals surface area (Å²) in [6, 6.07) is 2.44. The number of carbonyl (C=O) groups excluding carboxylic acids is 1. The zero-order valence-electron chi connectivity index (χ0n) is 12.1. The van der Waals surface area contributed by atoms with E-state index in [2.05, 4.69) is 27.7 Å². The van der Waals surface area contributed by atoms with Crippen molar-refractivity contribution in [2.24, 2.45) is 5.92 Å². The first-order valence-corrected chi connectivity index (χ1v) is 8.71. The van der Waals surface area contributed by atoms with Crippen LogP contribution < -0.4 is 15.1 Å². The van der Waals surface area contributed by atoms with Gasteiger partial charge in [-0.3, -0.25) is 4.90 Å². The maximum Gasteiger partial charge on any atom is 0.321 e. The molecule has 3 saturated heterocycles. The summed E-state index contributed by atoms with van der Waals surface area (Å²) in [4.78, 5) is 16.8. The van der Waals surface area contributed by atoms with Crippen LogP contribution in [0.1, 0.15) is 19.3 Å². The van der Waals surface area contributed by atoms with Gasteiger partial charge in [-0.2, -0.15) is 0 Å². The molecular formula is C16H21N3OS. The minimum absolute atomic E-state index is 0.0515. The molecule has 0 aliphatic carbocycles. The van der Waals surface area contributed by atoms with Gasteiger partial charge in [-0.15, -0.1) is 11.3 Å². The highest BCUT2D eigenvalue weighted by molar-refractivity contribution is 7.07. The smallest absolute Gasteiger partial charge is 0.321 e. The number of hydrogen-bond acceptors (Lipinski definition) is 3. The summed E-state index contributed by atoms with van der Waals surface area (Å²) in [6.45, 7) is 4.11. The quantitative estimate of drug-likeness (QED) is 0.832. The SMILES string of the molecule is O=C(NC1CC2CCN(CC2)C1)N1C=c2ccsc2=CC1. The third-order valence-corrected chi connectivity index (χ3v) is 5.82. The van der Waals surface area contributed by atoms with E-state index < -0.39 is 0 Å². The van der Waals surface area contributed by atoms with E-state index >= 15 is 0 Å². The van der Waals surface area contributed by atoms with Gasteiger partial charge in [0.05, 0.1) is 0 Å². The molecule has 4 aliphatic rings. The lowest BCUT2D eigenvalue weighted by atomic mass is 9.94. The van der Waals surface area contributed by atoms with Crippen LogP contribution in [-0.2, 0) is 0 Å². The monoisotopic (exact) mass is 303 g/mol. The minimum Gasteiger partial charge on any atom is -0.334 e. The zero-order valence-corrected chi connectivity index (χ0v) is 12.9. The molecule has 0 saturated carbocycles. The van der Waals surface area contributed by atoms with Gasteiger partial charge in [-0.05, 0) is 55.8 Å². The topological polar surface area (TPSA) is 35.6 Å². The van der Waals surface area contributed by atoms with Crippen LogP contribution in [-0.4, -0.2) is 48.1 Å². The van der Waals surface area contributed by atoms with Crippen molar-refractivity contribution in [1.82, 2.24) is 15.1 Å². The fourth-order valence-electron chi connectivity index (χ4n) is 3.70. The lowest BCUT2D eigenvalue weighted by Gasteiger charge is -2.26. The van der Waals surface area contributed by atoms with Gasteiger partial charge in [0.1, 0.15) is 0 Å². The van der Waals surface area contributed by atoms with E-state index in [1.807, 2.05) is 6.20 Å². The molecule has 4 nitrogen and oxygen atoms in total. The van der Waals surface area contributed by atoms with Crippen LogP contribution in [0.5, 0.6) is 0 Å². The Morgan fingerprint density at radius 1 is 1.33 bits per heavy atom. The van der Waals surface area contributed by atoms with Gasteiger partial charge in [0.2, 0.25) is 0 Å². The normalized spacial score (nSPS) is 30.9. The maximum atomic E-state index is 12.5. The Kier molecular flexibility index (Phi) is 3.47. The second-order valence-corrected chi connectivity index (χ2v) is 7.30. The number of carbonyl (C=O) groups is 1. The average Bonchev–Trinajstić information content (AvgIpc) is 2.78. The first kappa shape index (κ1) is 13.3. The third kappa shape index (κ3) is 2.72. The van der Waals surface area contributed by atoms with Crippen LogP contribution in [0.15, 0.2) is 11.4 Å². The fraction of sp³-hybridized carbons (Fsp3) is 0.562. The summed E-state index contributed by atoms with van der Waals surface area (Å²) in [5, 5.41) is 6.49. The standard InChI is InChI=1S/C16H21N3OS/c20-16(19-7-3-15-13(10-19)4-8-21-15)17-14-9-12-1-5-18(11-14)6-2-12/h3-4,8,10,12,14H,1-2,5-7,9,11H2,(H,17,20). The van der Waals surface area contributed by atoms with Crippen molar-refractivity contribution >= 4 is 29.6 Å². The average molecular weight is 303 g/mol. The molecule has 1 unspecified atom stereocenters. The van der Waals surface area contributed by atoms with Gasteiger partial charge < -0.3 is 10.2 Å². The highest BCUT2D eigenvalue weighted by Gasteiger charge is 2.30. The van der Waals surface area contributed by atoms with Crippen LogP contribution in [0.3, 0.4) is 0 Å². The maximum absolute atomic E-state index is 12.5. The predicted octanol–water partition coefficient (Wildman–Crippen LogP) is 0.776. The van der Waals surface area contributed by atoms with E-state index in [0.29, 0.717) is 12.6 Å². The number of urea groups is 1. The molecule has 112 valence electrons. The number of piperidine rings is 1. The Labute approximate surface area is 128 Å². The predicted molar refractivity (Wildman–Crippen MR) is 85.3 cm³/mol. The van der Waals surface area contributed by atoms with E-state index in [4.69, 9.17) is 0 Å². The first-order chi connectivity index (χ1) is 10.3. The molecule has 2 amide bonds. The van der Waals surface area contributed by atoms with Crippen LogP contribution in [0.25, 0.3) is 12.3 Å². The number of hydrogen-bond donors (Lipinski definition) is 1. The Balaban J connectivity index is 1.44. The van der Waals surface area contributed by atoms with E-state index in [1.165, 1.54) is 30.5 Å². The minimum atomic E-state index is 0.0515. The number of nitrogens with zero attached hydrogens (tertiary/aromatic N) is 2. The van der Waals surface area contributed by atoms with Crippen molar-refractivity contribution in [2.45, 2.75) is 25.3 Å². The molecule has 2 bridgehead atoms. The van der Waals surface area contributed by atoms with Crippen molar-refractivity contribution in [2.75, 3.05) is 26.2 Å². The molecule has 1 N–H and O–H groups in total. The summed E-state index contributed by atoms with van der Waals surface area (Å²) < 4.78 is 1.28. The Morgan fingerprint density at radius 3 is 3.05 bits per heavy atom. The first-order valence-electron chi connectivity index (χ1n) is 7.83. The van der Waals surface area contributed by atoms with Crippen molar-refractivity contribution in [3.8, 4) is 0 Å². The summed E-state index contributed by atoms with van der Waals surface area (Å²) in [5.74, 6) is 0.800. The molecule has 21 heavy (non-hydrogen) atoms. The summed E-state index contributed by atoms with van der Waals surface area (Å²) >= 11 is 1.73. The zero-order chi connectivity index (χ0) is 14.2. The van der Waals surface area contributed by atoms with Crippen LogP contribution in [0, 0.1) is 5.92 Å². The van der Waals surface area contributed by atoms with Gasteiger partial charge >= 0.3 is 6.03 Å². The number of amides is 2. The van der Waals surface area contributed by atoms with E-state index in [0.717, 1.165) is 24.1 Å². The van der Waals surface area contributed by atoms with Crippen LogP contribution in [0.2, 0.25) is 0 Å². The van der Waals surface area contributed by atoms with Crippen molar-refractivity contribution in [1.29, 1.82) is 0 Å². The second-order valence-electron chi connectivity index (χ2n) is 6.35. The fourth-order valence-corrected chi connectivity index (χ4v) is 4.49. The lowest BCUT2D eigenvalue weighted by molar-refractivity contribution is 0.208. The molecule has 0 aromatic carbocycles. The van der Waals surface area contributed by atoms with Gasteiger partial charge in [0, 0.05) is 35.1 Å². The molecule has 5 heterocycles. The summed E-state index contributed by atoms with van der Waals surface area (Å²) in [7, 11) is 0. The molecule has 1 atom stereocenters. The van der Waals surface area contributed by atoms with Crippen molar-refractivity contribution < 1.29 is 4.79 Å². The number of thiophene rings is 1. The number of fused-ring (bicyclic) bond motifs is 5. The largest absolute Gasteiger partial charge is 0.334 e. The third-order valence-electron chi connectivity index (χ3n) is 4.89. The molecule has 0 spiro atoms. The highest BCUT2D eigenvalue weighted by atomic mass is 32.1. The molecule has 1 aromatic heterocycles. The molecule has 5 heteroatoms. The van der Waals surface area contributed by atoms with Gasteiger partial charge in [0.15, 0.2) is 0 Å². The van der Waals surface area contributed by atoms with Crippen molar-refractivity contribution in [3.05, 3.63) is 21.2 Å². The van der Waals surface area contributed by atoms with Gasteiger partial charge in [-0.1, -0.05) is 0 Å². The molecule has 1 aromatic rings. The Bertz CT molecular complexity index is 631. The van der Waals surface area contributed by atoms with Crippen molar-refractivity contribution in [3.63, 3.8) is 0 Å². The molecular weight excluding hydrogens is 282 g/mol. The lowest BCUT2D eigenvalue weighted by Crippen LogP contribution is -2.48. The van der Waals surface area contributed by atoms with E-state index in [9.17, 15) is 4.79 Å². The molecule has 4 aliphatic heterocycles. The Hall–Kier alpha value is -1.33. The molecule has 5 rings (SSSR count). The second kappa shape index (κ2) is 5.46. The van der Waals surface area contributed by atoms with Gasteiger partial charge in [-0.25, -0.2) is 4.79 Å². The molecule has 0 radical (unpaired) electrons. The summed E-state index contributed by atoms with van der Waals surface area (Å²) in [6.07, 6.45) is 7.86. The number of rotatable bonds is 1. The van der Waals surface area contributed by atoms with E-state index in [1.54, 1.807) is 16.2 Å². The van der Waals surface area contributed by atoms with Crippen LogP contribution >= 0.6 is 11.3 Å². The van der Waals surface area contributed by atoms with Crippen LogP contribution in [0.4, 0.5) is 4.79 Å². The Morgan fingerprint density at radius 2 is 2.19 bits per heavy atom. The van der Waals surface area contributed by atoms with Gasteiger partial charge in [0.25, 0.3) is 0 Å². The number of nitrogens with one attached hydrogen (secondary N) is 1. The highest BCUT2D eigenvalue weighted by Crippen LogP contribution is 2.26. The molecule has 3 fully saturated rings. The summed E-state index contributed by atoms with van der Waals surface area (Å²) in [5.41, 5.74) is 0.